The van der Waals surface area contributed by atoms with Gasteiger partial charge in [-0.15, -0.1) is 0 Å². The van der Waals surface area contributed by atoms with Gasteiger partial charge in [0.25, 0.3) is 5.91 Å². The fourth-order valence-corrected chi connectivity index (χ4v) is 4.11. The van der Waals surface area contributed by atoms with Crippen LogP contribution in [-0.4, -0.2) is 17.3 Å². The number of thiocarbonyl (C=S) groups is 1. The summed E-state index contributed by atoms with van der Waals surface area (Å²) >= 11 is 15.9. The second-order valence-electron chi connectivity index (χ2n) is 5.27. The molecule has 3 rings (SSSR count). The molecule has 0 unspecified atom stereocenters. The molecule has 1 N–H and O–H groups in total. The van der Waals surface area contributed by atoms with Gasteiger partial charge in [0, 0.05) is 10.6 Å². The van der Waals surface area contributed by atoms with E-state index in [1.54, 1.807) is 19.3 Å². The van der Waals surface area contributed by atoms with Crippen LogP contribution in [0.2, 0.25) is 5.02 Å². The number of hydrogen-bond acceptors (Lipinski definition) is 5. The largest absolute Gasteiger partial charge is 0.493 e. The number of methoxy groups -OCH3 is 1. The Morgan fingerprint density at radius 1 is 1.35 bits per heavy atom. The van der Waals surface area contributed by atoms with Gasteiger partial charge < -0.3 is 14.8 Å². The van der Waals surface area contributed by atoms with Crippen LogP contribution in [0.5, 0.6) is 11.5 Å². The average Bonchev–Trinajstić information content (AvgIpc) is 2.92. The van der Waals surface area contributed by atoms with Crippen molar-refractivity contribution in [2.24, 2.45) is 0 Å². The number of carbonyl (C=O) groups excluding carboxylic acids is 1. The van der Waals surface area contributed by atoms with Crippen molar-refractivity contribution in [3.8, 4) is 11.5 Å². The zero-order valence-electron chi connectivity index (χ0n) is 13.5. The third kappa shape index (κ3) is 4.40. The molecule has 4 nitrogen and oxygen atoms in total. The monoisotopic (exact) mass is 469 g/mol. The molecule has 134 valence electrons. The molecule has 0 atom stereocenters. The van der Waals surface area contributed by atoms with Crippen molar-refractivity contribution >= 4 is 67.8 Å². The van der Waals surface area contributed by atoms with Crippen LogP contribution in [0.3, 0.4) is 0 Å². The van der Waals surface area contributed by atoms with Gasteiger partial charge in [-0.1, -0.05) is 53.8 Å². The van der Waals surface area contributed by atoms with E-state index in [0.717, 1.165) is 11.1 Å². The van der Waals surface area contributed by atoms with Gasteiger partial charge in [0.2, 0.25) is 0 Å². The lowest BCUT2D eigenvalue weighted by atomic mass is 10.2. The Balaban J connectivity index is 1.86. The fourth-order valence-electron chi connectivity index (χ4n) is 2.30. The normalized spacial score (nSPS) is 15.3. The van der Waals surface area contributed by atoms with Crippen LogP contribution in [0.25, 0.3) is 6.08 Å². The van der Waals surface area contributed by atoms with Crippen LogP contribution in [0.15, 0.2) is 45.8 Å². The molecule has 0 aromatic heterocycles. The first-order valence-corrected chi connectivity index (χ1v) is 9.86. The Bertz CT molecular complexity index is 917. The number of hydrogen-bond donors (Lipinski definition) is 1. The van der Waals surface area contributed by atoms with Gasteiger partial charge in [0.15, 0.2) is 11.5 Å². The van der Waals surface area contributed by atoms with Gasteiger partial charge in [0.05, 0.1) is 16.5 Å². The Morgan fingerprint density at radius 2 is 2.12 bits per heavy atom. The molecule has 0 aliphatic carbocycles. The number of nitrogens with one attached hydrogen (secondary N) is 1. The molecule has 0 bridgehead atoms. The van der Waals surface area contributed by atoms with E-state index in [0.29, 0.717) is 36.8 Å². The van der Waals surface area contributed by atoms with E-state index in [1.165, 1.54) is 11.8 Å². The summed E-state index contributed by atoms with van der Waals surface area (Å²) in [5, 5.41) is 3.24. The van der Waals surface area contributed by atoms with Gasteiger partial charge in [0.1, 0.15) is 10.9 Å². The van der Waals surface area contributed by atoms with E-state index in [1.807, 2.05) is 30.3 Å². The number of benzene rings is 2. The van der Waals surface area contributed by atoms with Crippen LogP contribution in [0, 0.1) is 0 Å². The predicted octanol–water partition coefficient (Wildman–Crippen LogP) is 5.18. The van der Waals surface area contributed by atoms with Crippen LogP contribution in [0.4, 0.5) is 0 Å². The number of amides is 1. The highest BCUT2D eigenvalue weighted by Gasteiger charge is 2.22. The van der Waals surface area contributed by atoms with Crippen molar-refractivity contribution in [2.75, 3.05) is 7.11 Å². The Morgan fingerprint density at radius 3 is 2.77 bits per heavy atom. The SMILES string of the molecule is COc1cc(/C=C2\SC(=S)NC2=O)cc(Br)c1OCc1ccccc1Cl. The second-order valence-corrected chi connectivity index (χ2v) is 8.25. The lowest BCUT2D eigenvalue weighted by molar-refractivity contribution is -0.115. The first-order chi connectivity index (χ1) is 12.5. The standard InChI is InChI=1S/C18H13BrClNO3S2/c1-23-14-7-10(8-15-17(22)21-18(25)26-15)6-12(19)16(14)24-9-11-4-2-3-5-13(11)20/h2-8H,9H2,1H3,(H,21,22,25)/b15-8-. The topological polar surface area (TPSA) is 47.6 Å². The van der Waals surface area contributed by atoms with E-state index in [2.05, 4.69) is 21.2 Å². The van der Waals surface area contributed by atoms with E-state index in [4.69, 9.17) is 33.3 Å². The summed E-state index contributed by atoms with van der Waals surface area (Å²) in [4.78, 5) is 12.4. The summed E-state index contributed by atoms with van der Waals surface area (Å²) in [7, 11) is 1.56. The van der Waals surface area contributed by atoms with Crippen LogP contribution < -0.4 is 14.8 Å². The van der Waals surface area contributed by atoms with Gasteiger partial charge in [-0.2, -0.15) is 0 Å². The molecule has 1 heterocycles. The second kappa shape index (κ2) is 8.43. The van der Waals surface area contributed by atoms with E-state index in [-0.39, 0.29) is 5.91 Å². The minimum atomic E-state index is -0.200. The van der Waals surface area contributed by atoms with Crippen molar-refractivity contribution in [2.45, 2.75) is 6.61 Å². The number of ether oxygens (including phenoxy) is 2. The highest BCUT2D eigenvalue weighted by Crippen LogP contribution is 2.39. The molecule has 0 radical (unpaired) electrons. The molecule has 0 spiro atoms. The number of halogens is 2. The van der Waals surface area contributed by atoms with Crippen molar-refractivity contribution in [1.29, 1.82) is 0 Å². The molecule has 1 aliphatic rings. The quantitative estimate of drug-likeness (QED) is 0.482. The zero-order chi connectivity index (χ0) is 18.7. The number of carbonyl (C=O) groups is 1. The molecule has 26 heavy (non-hydrogen) atoms. The minimum absolute atomic E-state index is 0.200. The summed E-state index contributed by atoms with van der Waals surface area (Å²) in [5.74, 6) is 0.909. The lowest BCUT2D eigenvalue weighted by Crippen LogP contribution is -2.17. The molecule has 1 aliphatic heterocycles. The Labute approximate surface area is 174 Å². The van der Waals surface area contributed by atoms with Crippen molar-refractivity contribution in [3.05, 3.63) is 61.9 Å². The molecule has 8 heteroatoms. The van der Waals surface area contributed by atoms with Crippen LogP contribution in [-0.2, 0) is 11.4 Å². The maximum absolute atomic E-state index is 11.8. The minimum Gasteiger partial charge on any atom is -0.493 e. The Kier molecular flexibility index (Phi) is 6.24. The number of rotatable bonds is 5. The molecule has 1 saturated heterocycles. The summed E-state index contributed by atoms with van der Waals surface area (Å²) in [6, 6.07) is 11.1. The highest BCUT2D eigenvalue weighted by atomic mass is 79.9. The predicted molar refractivity (Wildman–Crippen MR) is 113 cm³/mol. The third-order valence-corrected chi connectivity index (χ3v) is 5.64. The fraction of sp³-hybridized carbons (Fsp3) is 0.111. The first kappa shape index (κ1) is 19.2. The molecular weight excluding hydrogens is 458 g/mol. The Hall–Kier alpha value is -1.54. The van der Waals surface area contributed by atoms with Gasteiger partial charge in [-0.05, 0) is 45.8 Å². The van der Waals surface area contributed by atoms with E-state index < -0.39 is 0 Å². The summed E-state index contributed by atoms with van der Waals surface area (Å²) in [6.07, 6.45) is 1.75. The maximum Gasteiger partial charge on any atom is 0.263 e. The smallest absolute Gasteiger partial charge is 0.263 e. The maximum atomic E-state index is 11.8. The van der Waals surface area contributed by atoms with Gasteiger partial charge >= 0.3 is 0 Å². The third-order valence-electron chi connectivity index (χ3n) is 3.52. The average molecular weight is 471 g/mol. The lowest BCUT2D eigenvalue weighted by Gasteiger charge is -2.14. The summed E-state index contributed by atoms with van der Waals surface area (Å²) in [5.41, 5.74) is 1.67. The summed E-state index contributed by atoms with van der Waals surface area (Å²) in [6.45, 7) is 0.307. The van der Waals surface area contributed by atoms with Gasteiger partial charge in [-0.3, -0.25) is 4.79 Å². The molecule has 0 saturated carbocycles. The number of thioether (sulfide) groups is 1. The highest BCUT2D eigenvalue weighted by molar-refractivity contribution is 9.10. The van der Waals surface area contributed by atoms with E-state index >= 15 is 0 Å². The molecule has 1 fully saturated rings. The molecule has 2 aromatic carbocycles. The molecule has 2 aromatic rings. The first-order valence-electron chi connectivity index (χ1n) is 7.46. The molecule has 1 amide bonds. The summed E-state index contributed by atoms with van der Waals surface area (Å²) < 4.78 is 12.5. The van der Waals surface area contributed by atoms with E-state index in [9.17, 15) is 4.79 Å². The van der Waals surface area contributed by atoms with Crippen molar-refractivity contribution in [1.82, 2.24) is 5.32 Å². The zero-order valence-corrected chi connectivity index (χ0v) is 17.5. The van der Waals surface area contributed by atoms with Crippen LogP contribution >= 0.6 is 51.5 Å². The van der Waals surface area contributed by atoms with Crippen LogP contribution in [0.1, 0.15) is 11.1 Å². The van der Waals surface area contributed by atoms with Crippen molar-refractivity contribution in [3.63, 3.8) is 0 Å². The van der Waals surface area contributed by atoms with Gasteiger partial charge in [-0.25, -0.2) is 0 Å². The van der Waals surface area contributed by atoms with Crippen molar-refractivity contribution < 1.29 is 14.3 Å². The molecular formula is C18H13BrClNO3S2.